The van der Waals surface area contributed by atoms with E-state index in [1.807, 2.05) is 0 Å². The van der Waals surface area contributed by atoms with Crippen LogP contribution in [-0.4, -0.2) is 57.3 Å². The summed E-state index contributed by atoms with van der Waals surface area (Å²) >= 11 is 0. The van der Waals surface area contributed by atoms with Crippen molar-refractivity contribution in [2.45, 2.75) is 198 Å². The summed E-state index contributed by atoms with van der Waals surface area (Å²) in [6.07, 6.45) is 24.2. The number of carbonyl (C=O) groups excluding carboxylic acids is 2. The summed E-state index contributed by atoms with van der Waals surface area (Å²) in [6.45, 7) is 3.72. The predicted octanol–water partition coefficient (Wildman–Crippen LogP) is 7.62. The van der Waals surface area contributed by atoms with Gasteiger partial charge in [-0.3, -0.25) is 4.79 Å². The Kier molecular flexibility index (Phi) is 18.8. The minimum Gasteiger partial charge on any atom is -0.426 e. The maximum Gasteiger partial charge on any atom is 0.336 e. The van der Waals surface area contributed by atoms with Crippen LogP contribution < -0.4 is 0 Å². The summed E-state index contributed by atoms with van der Waals surface area (Å²) in [6, 6.07) is 0. The second kappa shape index (κ2) is 21.4. The third-order valence-electron chi connectivity index (χ3n) is 8.91. The van der Waals surface area contributed by atoms with E-state index in [0.29, 0.717) is 37.7 Å². The minimum atomic E-state index is -1.46. The Balaban J connectivity index is 1.40. The highest BCUT2D eigenvalue weighted by molar-refractivity contribution is 5.91. The van der Waals surface area contributed by atoms with Crippen molar-refractivity contribution in [1.29, 1.82) is 0 Å². The first kappa shape index (κ1) is 36.9. The molecule has 3 N–H and O–H groups in total. The molecule has 0 aliphatic carbocycles. The van der Waals surface area contributed by atoms with Crippen LogP contribution in [0, 0.1) is 0 Å². The molecule has 2 rings (SSSR count). The van der Waals surface area contributed by atoms with Crippen LogP contribution in [0.3, 0.4) is 0 Å². The first-order valence-corrected chi connectivity index (χ1v) is 17.4. The number of rotatable bonds is 26. The van der Waals surface area contributed by atoms with Gasteiger partial charge in [0.25, 0.3) is 0 Å². The summed E-state index contributed by atoms with van der Waals surface area (Å²) in [5.41, 5.74) is 0.562. The first-order chi connectivity index (χ1) is 20.2. The molecule has 0 radical (unpaired) electrons. The van der Waals surface area contributed by atoms with Gasteiger partial charge in [0, 0.05) is 25.3 Å². The molecule has 1 fully saturated rings. The van der Waals surface area contributed by atoms with E-state index in [-0.39, 0.29) is 18.0 Å². The summed E-state index contributed by atoms with van der Waals surface area (Å²) in [5.74, 6) is -1.61. The number of unbranched alkanes of at least 4 members (excludes halogenated alkanes) is 14. The first-order valence-electron chi connectivity index (χ1n) is 17.4. The Bertz CT molecular complexity index is 777. The van der Waals surface area contributed by atoms with Gasteiger partial charge in [-0.25, -0.2) is 4.79 Å². The zero-order valence-corrected chi connectivity index (χ0v) is 26.8. The van der Waals surface area contributed by atoms with E-state index in [1.54, 1.807) is 0 Å². The van der Waals surface area contributed by atoms with Crippen LogP contribution in [0.25, 0.3) is 0 Å². The number of esters is 1. The molecule has 7 nitrogen and oxygen atoms in total. The predicted molar refractivity (Wildman–Crippen MR) is 167 cm³/mol. The Morgan fingerprint density at radius 2 is 1.26 bits per heavy atom. The molecule has 0 saturated carbocycles. The minimum absolute atomic E-state index is 0.169. The lowest BCUT2D eigenvalue weighted by molar-refractivity contribution is -0.172. The number of cyclic esters (lactones) is 1. The van der Waals surface area contributed by atoms with Crippen molar-refractivity contribution in [3.8, 4) is 0 Å². The smallest absolute Gasteiger partial charge is 0.336 e. The SMILES string of the molecule is CCCCCCCCCCCC[C@@H](O)[C@H]1CC[C@@H]([C@H](O)CCCC(=O)CCCCCCCCC2=C[C@@](C)(O)OC2=O)O1. The molecule has 2 aliphatic heterocycles. The Morgan fingerprint density at radius 3 is 1.81 bits per heavy atom. The van der Waals surface area contributed by atoms with Crippen molar-refractivity contribution in [2.75, 3.05) is 0 Å². The monoisotopic (exact) mass is 594 g/mol. The summed E-state index contributed by atoms with van der Waals surface area (Å²) in [4.78, 5) is 23.9. The number of hydrogen-bond acceptors (Lipinski definition) is 7. The van der Waals surface area contributed by atoms with Crippen LogP contribution in [0.1, 0.15) is 168 Å². The van der Waals surface area contributed by atoms with Crippen LogP contribution >= 0.6 is 0 Å². The van der Waals surface area contributed by atoms with Gasteiger partial charge in [-0.2, -0.15) is 0 Å². The highest BCUT2D eigenvalue weighted by atomic mass is 16.7. The largest absolute Gasteiger partial charge is 0.426 e. The van der Waals surface area contributed by atoms with Crippen molar-refractivity contribution in [3.05, 3.63) is 11.6 Å². The zero-order valence-electron chi connectivity index (χ0n) is 26.8. The lowest BCUT2D eigenvalue weighted by Gasteiger charge is -2.22. The van der Waals surface area contributed by atoms with E-state index in [9.17, 15) is 24.9 Å². The highest BCUT2D eigenvalue weighted by Crippen LogP contribution is 2.29. The molecule has 2 aliphatic rings. The molecule has 0 aromatic heterocycles. The van der Waals surface area contributed by atoms with Crippen molar-refractivity contribution < 1.29 is 34.4 Å². The molecule has 244 valence electrons. The Hall–Kier alpha value is -1.28. The number of Topliss-reactive ketones (excluding diaryl/α,β-unsaturated/α-hetero) is 1. The fourth-order valence-corrected chi connectivity index (χ4v) is 6.29. The second-order valence-electron chi connectivity index (χ2n) is 13.1. The lowest BCUT2D eigenvalue weighted by Crippen LogP contribution is -2.31. The van der Waals surface area contributed by atoms with E-state index < -0.39 is 24.0 Å². The topological polar surface area (TPSA) is 113 Å². The number of ketones is 1. The maximum absolute atomic E-state index is 12.3. The summed E-state index contributed by atoms with van der Waals surface area (Å²) < 4.78 is 10.9. The van der Waals surface area contributed by atoms with Crippen molar-refractivity contribution in [3.63, 3.8) is 0 Å². The number of aliphatic hydroxyl groups excluding tert-OH is 2. The molecule has 0 aromatic carbocycles. The fraction of sp³-hybridized carbons (Fsp3) is 0.886. The zero-order chi connectivity index (χ0) is 30.6. The third-order valence-corrected chi connectivity index (χ3v) is 8.91. The molecule has 1 saturated heterocycles. The molecule has 0 bridgehead atoms. The van der Waals surface area contributed by atoms with Crippen LogP contribution in [0.15, 0.2) is 11.6 Å². The molecule has 0 aromatic rings. The van der Waals surface area contributed by atoms with Gasteiger partial charge >= 0.3 is 5.97 Å². The molecular weight excluding hydrogens is 532 g/mol. The molecule has 7 heteroatoms. The molecule has 0 spiro atoms. The van der Waals surface area contributed by atoms with Crippen molar-refractivity contribution in [1.82, 2.24) is 0 Å². The molecule has 2 heterocycles. The Morgan fingerprint density at radius 1 is 0.786 bits per heavy atom. The molecular formula is C35H62O7. The number of hydrogen-bond donors (Lipinski definition) is 3. The molecule has 0 unspecified atom stereocenters. The van der Waals surface area contributed by atoms with Gasteiger partial charge in [0.15, 0.2) is 0 Å². The summed E-state index contributed by atoms with van der Waals surface area (Å²) in [7, 11) is 0. The fourth-order valence-electron chi connectivity index (χ4n) is 6.29. The van der Waals surface area contributed by atoms with Crippen LogP contribution in [0.2, 0.25) is 0 Å². The van der Waals surface area contributed by atoms with Gasteiger partial charge in [0.05, 0.1) is 24.4 Å². The van der Waals surface area contributed by atoms with Crippen LogP contribution in [0.5, 0.6) is 0 Å². The standard InChI is InChI=1S/C35H62O7/c1-3-4-5-6-7-8-9-10-15-18-23-30(37)32-25-26-33(41-32)31(38)24-19-22-29(36)21-17-14-12-11-13-16-20-28-27-35(2,40)42-34(28)39/h27,30-33,37-38,40H,3-26H2,1-2H3/t30-,31-,32-,33+,35+/m1/s1. The average molecular weight is 595 g/mol. The van der Waals surface area contributed by atoms with Crippen molar-refractivity contribution in [2.24, 2.45) is 0 Å². The van der Waals surface area contributed by atoms with Gasteiger partial charge in [-0.1, -0.05) is 96.8 Å². The third kappa shape index (κ3) is 16.0. The van der Waals surface area contributed by atoms with E-state index in [1.165, 1.54) is 70.8 Å². The van der Waals surface area contributed by atoms with E-state index >= 15 is 0 Å². The van der Waals surface area contributed by atoms with E-state index in [0.717, 1.165) is 64.2 Å². The van der Waals surface area contributed by atoms with Crippen molar-refractivity contribution >= 4 is 11.8 Å². The van der Waals surface area contributed by atoms with Gasteiger partial charge in [-0.15, -0.1) is 0 Å². The van der Waals surface area contributed by atoms with Gasteiger partial charge < -0.3 is 24.8 Å². The number of carbonyl (C=O) groups is 2. The van der Waals surface area contributed by atoms with Gasteiger partial charge in [-0.05, 0) is 57.4 Å². The molecule has 0 amide bonds. The average Bonchev–Trinajstić information content (AvgIpc) is 3.54. The maximum atomic E-state index is 12.3. The number of ether oxygens (including phenoxy) is 2. The lowest BCUT2D eigenvalue weighted by atomic mass is 9.99. The Labute approximate surface area is 255 Å². The van der Waals surface area contributed by atoms with Gasteiger partial charge in [0.1, 0.15) is 5.78 Å². The van der Waals surface area contributed by atoms with E-state index in [2.05, 4.69) is 6.92 Å². The molecule has 5 atom stereocenters. The van der Waals surface area contributed by atoms with Crippen LogP contribution in [0.4, 0.5) is 0 Å². The molecule has 42 heavy (non-hydrogen) atoms. The summed E-state index contributed by atoms with van der Waals surface area (Å²) in [5, 5.41) is 30.9. The number of aliphatic hydroxyl groups is 3. The second-order valence-corrected chi connectivity index (χ2v) is 13.1. The van der Waals surface area contributed by atoms with E-state index in [4.69, 9.17) is 9.47 Å². The quantitative estimate of drug-likeness (QED) is 0.0697. The highest BCUT2D eigenvalue weighted by Gasteiger charge is 2.34. The normalized spacial score (nSPS) is 23.6. The van der Waals surface area contributed by atoms with Crippen LogP contribution in [-0.2, 0) is 19.1 Å². The van der Waals surface area contributed by atoms with Gasteiger partial charge in [0.2, 0.25) is 5.79 Å².